The number of nitrogens with zero attached hydrogens (tertiary/aromatic N) is 1. The molecule has 0 aliphatic carbocycles. The van der Waals surface area contributed by atoms with Gasteiger partial charge in [0.05, 0.1) is 0 Å². The lowest BCUT2D eigenvalue weighted by Crippen LogP contribution is -2.45. The molecule has 0 N–H and O–H groups in total. The average Bonchev–Trinajstić information content (AvgIpc) is 2.41. The highest BCUT2D eigenvalue weighted by Gasteiger charge is 2.25. The Morgan fingerprint density at radius 1 is 1.33 bits per heavy atom. The minimum Gasteiger partial charge on any atom is -0.298 e. The van der Waals surface area contributed by atoms with Crippen molar-refractivity contribution in [1.82, 2.24) is 4.90 Å². The van der Waals surface area contributed by atoms with Crippen LogP contribution in [0, 0.1) is 0 Å². The van der Waals surface area contributed by atoms with E-state index in [0.29, 0.717) is 17.7 Å². The lowest BCUT2D eigenvalue weighted by molar-refractivity contribution is 0.0954. The van der Waals surface area contributed by atoms with Crippen LogP contribution in [-0.2, 0) is 0 Å². The quantitative estimate of drug-likeness (QED) is 0.779. The maximum atomic E-state index is 12.0. The second-order valence-electron chi connectivity index (χ2n) is 4.89. The summed E-state index contributed by atoms with van der Waals surface area (Å²) in [5.41, 5.74) is 0.838. The van der Waals surface area contributed by atoms with E-state index in [9.17, 15) is 4.79 Å². The van der Waals surface area contributed by atoms with Gasteiger partial charge in [0.25, 0.3) is 0 Å². The first-order valence-corrected chi connectivity index (χ1v) is 7.67. The molecule has 2 nitrogen and oxygen atoms in total. The maximum Gasteiger partial charge on any atom is 0.164 e. The summed E-state index contributed by atoms with van der Waals surface area (Å²) >= 11 is 2.03. The number of hydrogen-bond donors (Lipinski definition) is 0. The summed E-state index contributed by atoms with van der Waals surface area (Å²) in [7, 11) is 0. The summed E-state index contributed by atoms with van der Waals surface area (Å²) in [6.07, 6.45) is 0.631. The Morgan fingerprint density at radius 2 is 2.06 bits per heavy atom. The third kappa shape index (κ3) is 3.36. The van der Waals surface area contributed by atoms with Gasteiger partial charge in [0.15, 0.2) is 5.78 Å². The second-order valence-corrected chi connectivity index (χ2v) is 6.38. The van der Waals surface area contributed by atoms with Crippen LogP contribution in [0.4, 0.5) is 0 Å². The van der Waals surface area contributed by atoms with Crippen LogP contribution in [0.5, 0.6) is 0 Å². The molecular weight excluding hydrogens is 242 g/mol. The first-order chi connectivity index (χ1) is 8.68. The molecule has 1 fully saturated rings. The fraction of sp³-hybridized carbons (Fsp3) is 0.533. The summed E-state index contributed by atoms with van der Waals surface area (Å²) in [6.45, 7) is 6.54. The van der Waals surface area contributed by atoms with E-state index >= 15 is 0 Å². The van der Waals surface area contributed by atoms with Gasteiger partial charge >= 0.3 is 0 Å². The van der Waals surface area contributed by atoms with Crippen LogP contribution >= 0.6 is 11.8 Å². The molecule has 98 valence electrons. The van der Waals surface area contributed by atoms with Crippen LogP contribution in [0.25, 0.3) is 0 Å². The van der Waals surface area contributed by atoms with Crippen LogP contribution in [-0.4, -0.2) is 40.8 Å². The molecule has 0 bridgehead atoms. The Labute approximate surface area is 114 Å². The molecule has 18 heavy (non-hydrogen) atoms. The van der Waals surface area contributed by atoms with Crippen molar-refractivity contribution in [2.75, 3.05) is 18.8 Å². The Kier molecular flexibility index (Phi) is 4.84. The average molecular weight is 263 g/mol. The van der Waals surface area contributed by atoms with E-state index in [4.69, 9.17) is 0 Å². The van der Waals surface area contributed by atoms with E-state index < -0.39 is 0 Å². The lowest BCUT2D eigenvalue weighted by atomic mass is 10.1. The van der Waals surface area contributed by atoms with E-state index in [1.807, 2.05) is 42.1 Å². The first-order valence-electron chi connectivity index (χ1n) is 6.62. The van der Waals surface area contributed by atoms with E-state index in [2.05, 4.69) is 18.7 Å². The van der Waals surface area contributed by atoms with Gasteiger partial charge in [-0.3, -0.25) is 9.69 Å². The predicted octanol–water partition coefficient (Wildman–Crippen LogP) is 3.09. The van der Waals surface area contributed by atoms with Crippen molar-refractivity contribution in [1.29, 1.82) is 0 Å². The smallest absolute Gasteiger partial charge is 0.164 e. The van der Waals surface area contributed by atoms with Crippen molar-refractivity contribution in [3.05, 3.63) is 35.9 Å². The highest BCUT2D eigenvalue weighted by molar-refractivity contribution is 8.00. The number of rotatable bonds is 4. The number of carbonyl (C=O) groups is 1. The van der Waals surface area contributed by atoms with E-state index in [1.54, 1.807) is 0 Å². The highest BCUT2D eigenvalue weighted by atomic mass is 32.2. The minimum absolute atomic E-state index is 0.258. The van der Waals surface area contributed by atoms with Crippen LogP contribution in [0.1, 0.15) is 30.6 Å². The molecule has 1 aromatic carbocycles. The number of Topliss-reactive ketones (excluding diaryl/α,β-unsaturated/α-hetero) is 1. The zero-order valence-electron chi connectivity index (χ0n) is 11.1. The molecule has 1 aliphatic rings. The number of benzene rings is 1. The van der Waals surface area contributed by atoms with Crippen molar-refractivity contribution < 1.29 is 4.79 Å². The van der Waals surface area contributed by atoms with Gasteiger partial charge < -0.3 is 0 Å². The molecule has 2 rings (SSSR count). The molecule has 0 aromatic heterocycles. The topological polar surface area (TPSA) is 20.3 Å². The van der Waals surface area contributed by atoms with Crippen LogP contribution in [0.3, 0.4) is 0 Å². The first kappa shape index (κ1) is 13.6. The third-order valence-electron chi connectivity index (χ3n) is 3.74. The summed E-state index contributed by atoms with van der Waals surface area (Å²) in [6, 6.07) is 10.2. The molecule has 1 aromatic rings. The van der Waals surface area contributed by atoms with Crippen LogP contribution in [0.2, 0.25) is 0 Å². The fourth-order valence-corrected chi connectivity index (χ4v) is 3.49. The number of carbonyl (C=O) groups excluding carboxylic acids is 1. The monoisotopic (exact) mass is 263 g/mol. The van der Waals surface area contributed by atoms with Gasteiger partial charge in [-0.05, 0) is 6.92 Å². The van der Waals surface area contributed by atoms with E-state index in [0.717, 1.165) is 18.7 Å². The Hall–Kier alpha value is -0.800. The Balaban J connectivity index is 1.86. The molecule has 1 heterocycles. The Morgan fingerprint density at radius 3 is 2.78 bits per heavy atom. The number of hydrogen-bond acceptors (Lipinski definition) is 3. The lowest BCUT2D eigenvalue weighted by Gasteiger charge is -2.37. The van der Waals surface area contributed by atoms with Gasteiger partial charge in [0.1, 0.15) is 0 Å². The molecule has 0 radical (unpaired) electrons. The minimum atomic E-state index is 0.258. The number of thioether (sulfide) groups is 1. The normalized spacial score (nSPS) is 25.0. The SMILES string of the molecule is CC1SCCN(CCC(=O)c2ccccc2)C1C. The summed E-state index contributed by atoms with van der Waals surface area (Å²) in [4.78, 5) is 14.5. The molecule has 0 amide bonds. The van der Waals surface area contributed by atoms with Gasteiger partial charge in [0, 0.05) is 42.1 Å². The zero-order valence-corrected chi connectivity index (χ0v) is 12.0. The molecule has 0 saturated carbocycles. The van der Waals surface area contributed by atoms with Crippen molar-refractivity contribution in [2.24, 2.45) is 0 Å². The maximum absolute atomic E-state index is 12.0. The van der Waals surface area contributed by atoms with Crippen LogP contribution < -0.4 is 0 Å². The van der Waals surface area contributed by atoms with Gasteiger partial charge in [-0.1, -0.05) is 37.3 Å². The van der Waals surface area contributed by atoms with E-state index in [1.165, 1.54) is 5.75 Å². The largest absolute Gasteiger partial charge is 0.298 e. The molecule has 2 atom stereocenters. The predicted molar refractivity (Wildman–Crippen MR) is 78.3 cm³/mol. The van der Waals surface area contributed by atoms with Gasteiger partial charge in [-0.15, -0.1) is 0 Å². The van der Waals surface area contributed by atoms with Crippen molar-refractivity contribution >= 4 is 17.5 Å². The number of ketones is 1. The molecule has 1 saturated heterocycles. The Bertz CT molecular complexity index is 393. The third-order valence-corrected chi connectivity index (χ3v) is 5.07. The van der Waals surface area contributed by atoms with E-state index in [-0.39, 0.29) is 5.78 Å². The van der Waals surface area contributed by atoms with Gasteiger partial charge in [-0.2, -0.15) is 11.8 Å². The van der Waals surface area contributed by atoms with Gasteiger partial charge in [0.2, 0.25) is 0 Å². The summed E-state index contributed by atoms with van der Waals surface area (Å²) < 4.78 is 0. The van der Waals surface area contributed by atoms with Crippen LogP contribution in [0.15, 0.2) is 30.3 Å². The second kappa shape index (κ2) is 6.39. The fourth-order valence-electron chi connectivity index (χ4n) is 2.32. The summed E-state index contributed by atoms with van der Waals surface area (Å²) in [5, 5.41) is 0.672. The standard InChI is InChI=1S/C15H21NOS/c1-12-13(2)18-11-10-16(12)9-8-15(17)14-6-4-3-5-7-14/h3-7,12-13H,8-11H2,1-2H3. The zero-order chi connectivity index (χ0) is 13.0. The van der Waals surface area contributed by atoms with Crippen molar-refractivity contribution in [3.8, 4) is 0 Å². The molecule has 1 aliphatic heterocycles. The summed E-state index contributed by atoms with van der Waals surface area (Å²) in [5.74, 6) is 1.44. The molecule has 3 heteroatoms. The molecule has 2 unspecified atom stereocenters. The van der Waals surface area contributed by atoms with Crippen molar-refractivity contribution in [3.63, 3.8) is 0 Å². The highest BCUT2D eigenvalue weighted by Crippen LogP contribution is 2.24. The molecule has 0 spiro atoms. The molecular formula is C15H21NOS. The van der Waals surface area contributed by atoms with Crippen molar-refractivity contribution in [2.45, 2.75) is 31.6 Å². The van der Waals surface area contributed by atoms with Gasteiger partial charge in [-0.25, -0.2) is 0 Å².